The summed E-state index contributed by atoms with van der Waals surface area (Å²) in [4.78, 5) is 9.23. The highest BCUT2D eigenvalue weighted by atomic mass is 31.2. The molecule has 12 heavy (non-hydrogen) atoms. The van der Waals surface area contributed by atoms with E-state index >= 15 is 0 Å². The number of unbranched alkanes of at least 4 members (excludes halogenated alkanes) is 1. The van der Waals surface area contributed by atoms with Crippen molar-refractivity contribution >= 4 is 7.60 Å². The fourth-order valence-electron chi connectivity index (χ4n) is 0.688. The van der Waals surface area contributed by atoms with E-state index < -0.39 is 7.60 Å². The number of hydrogen-bond donors (Lipinski definition) is 1. The lowest BCUT2D eigenvalue weighted by Crippen LogP contribution is -2.02. The van der Waals surface area contributed by atoms with E-state index in [0.29, 0.717) is 12.5 Å². The Kier molecular flexibility index (Phi) is 5.81. The lowest BCUT2D eigenvalue weighted by atomic mass is 10.2. The lowest BCUT2D eigenvalue weighted by Gasteiger charge is -2.12. The molecule has 0 bridgehead atoms. The van der Waals surface area contributed by atoms with E-state index in [9.17, 15) is 9.46 Å². The van der Waals surface area contributed by atoms with Gasteiger partial charge in [0.05, 0.1) is 6.61 Å². The smallest absolute Gasteiger partial charge is 0.324 e. The Hall–Kier alpha value is 0.150. The molecule has 0 radical (unpaired) electrons. The van der Waals surface area contributed by atoms with Crippen molar-refractivity contribution in [2.75, 3.05) is 12.8 Å². The van der Waals surface area contributed by atoms with Crippen LogP contribution in [0.25, 0.3) is 0 Å². The van der Waals surface area contributed by atoms with Gasteiger partial charge < -0.3 is 9.42 Å². The fraction of sp³-hybridized carbons (Fsp3) is 1.00. The van der Waals surface area contributed by atoms with Crippen molar-refractivity contribution in [2.24, 2.45) is 5.92 Å². The highest BCUT2D eigenvalue weighted by Gasteiger charge is 2.18. The number of rotatable bonds is 6. The van der Waals surface area contributed by atoms with Gasteiger partial charge in [0.25, 0.3) is 0 Å². The highest BCUT2D eigenvalue weighted by molar-refractivity contribution is 7.52. The van der Waals surface area contributed by atoms with Crippen molar-refractivity contribution < 1.29 is 14.0 Å². The molecular formula is C8H19O3P. The van der Waals surface area contributed by atoms with Gasteiger partial charge in [0, 0.05) is 6.16 Å². The van der Waals surface area contributed by atoms with E-state index in [1.54, 1.807) is 0 Å². The summed E-state index contributed by atoms with van der Waals surface area (Å²) in [6, 6.07) is 0. The Bertz CT molecular complexity index is 156. The maximum Gasteiger partial charge on any atom is 0.328 e. The molecule has 0 saturated carbocycles. The van der Waals surface area contributed by atoms with Crippen LogP contribution in [0.5, 0.6) is 0 Å². The van der Waals surface area contributed by atoms with E-state index in [-0.39, 0.29) is 6.16 Å². The Balaban J connectivity index is 3.64. The van der Waals surface area contributed by atoms with E-state index in [4.69, 9.17) is 4.52 Å². The first kappa shape index (κ1) is 12.2. The molecule has 1 N–H and O–H groups in total. The van der Waals surface area contributed by atoms with Gasteiger partial charge in [-0.25, -0.2) is 0 Å². The summed E-state index contributed by atoms with van der Waals surface area (Å²) in [5, 5.41) is 0. The molecule has 3 nitrogen and oxygen atoms in total. The van der Waals surface area contributed by atoms with Crippen LogP contribution in [-0.2, 0) is 9.09 Å². The minimum Gasteiger partial charge on any atom is -0.324 e. The third-order valence-corrected chi connectivity index (χ3v) is 2.84. The first-order valence-electron chi connectivity index (χ1n) is 4.44. The van der Waals surface area contributed by atoms with Crippen molar-refractivity contribution in [3.05, 3.63) is 0 Å². The van der Waals surface area contributed by atoms with Gasteiger partial charge in [0.15, 0.2) is 0 Å². The molecule has 0 aliphatic rings. The van der Waals surface area contributed by atoms with E-state index in [2.05, 4.69) is 0 Å². The van der Waals surface area contributed by atoms with Gasteiger partial charge in [0.2, 0.25) is 0 Å². The van der Waals surface area contributed by atoms with Crippen LogP contribution in [0.3, 0.4) is 0 Å². The summed E-state index contributed by atoms with van der Waals surface area (Å²) in [6.07, 6.45) is 1.97. The maximum atomic E-state index is 11.2. The molecule has 0 fully saturated rings. The lowest BCUT2D eigenvalue weighted by molar-refractivity contribution is 0.229. The zero-order valence-electron chi connectivity index (χ0n) is 8.12. The molecule has 0 heterocycles. The molecule has 1 unspecified atom stereocenters. The van der Waals surface area contributed by atoms with E-state index in [0.717, 1.165) is 12.8 Å². The Morgan fingerprint density at radius 3 is 2.50 bits per heavy atom. The second kappa shape index (κ2) is 5.74. The predicted octanol–water partition coefficient (Wildman–Crippen LogP) is 2.64. The minimum absolute atomic E-state index is 0.288. The molecule has 0 spiro atoms. The molecule has 0 amide bonds. The highest BCUT2D eigenvalue weighted by Crippen LogP contribution is 2.42. The quantitative estimate of drug-likeness (QED) is 0.661. The zero-order chi connectivity index (χ0) is 9.61. The van der Waals surface area contributed by atoms with Crippen LogP contribution in [0.1, 0.15) is 33.6 Å². The molecule has 1 atom stereocenters. The first-order chi connectivity index (χ1) is 5.48. The zero-order valence-corrected chi connectivity index (χ0v) is 9.01. The molecule has 0 aliphatic heterocycles. The molecular weight excluding hydrogens is 175 g/mol. The van der Waals surface area contributed by atoms with Gasteiger partial charge in [-0.2, -0.15) is 0 Å². The fourth-order valence-corrected chi connectivity index (χ4v) is 2.06. The average Bonchev–Trinajstić information content (AvgIpc) is 1.98. The topological polar surface area (TPSA) is 46.5 Å². The van der Waals surface area contributed by atoms with Gasteiger partial charge in [-0.05, 0) is 12.3 Å². The predicted molar refractivity (Wildman–Crippen MR) is 50.4 cm³/mol. The largest absolute Gasteiger partial charge is 0.328 e. The summed E-state index contributed by atoms with van der Waals surface area (Å²) in [6.45, 7) is 6.28. The summed E-state index contributed by atoms with van der Waals surface area (Å²) in [5.41, 5.74) is 0. The molecule has 0 aromatic carbocycles. The Morgan fingerprint density at radius 2 is 2.08 bits per heavy atom. The molecule has 74 valence electrons. The van der Waals surface area contributed by atoms with Crippen LogP contribution in [0, 0.1) is 5.92 Å². The summed E-state index contributed by atoms with van der Waals surface area (Å²) in [7, 11) is -3.26. The number of hydrogen-bond acceptors (Lipinski definition) is 2. The van der Waals surface area contributed by atoms with Gasteiger partial charge in [0.1, 0.15) is 0 Å². The molecule has 0 aromatic heterocycles. The molecule has 0 saturated heterocycles. The summed E-state index contributed by atoms with van der Waals surface area (Å²) in [5.74, 6) is 0.312. The van der Waals surface area contributed by atoms with Crippen molar-refractivity contribution in [1.29, 1.82) is 0 Å². The van der Waals surface area contributed by atoms with Crippen molar-refractivity contribution in [2.45, 2.75) is 33.6 Å². The van der Waals surface area contributed by atoms with Crippen molar-refractivity contribution in [3.8, 4) is 0 Å². The van der Waals surface area contributed by atoms with Gasteiger partial charge in [-0.1, -0.05) is 27.2 Å². The summed E-state index contributed by atoms with van der Waals surface area (Å²) < 4.78 is 16.1. The van der Waals surface area contributed by atoms with Crippen molar-refractivity contribution in [3.63, 3.8) is 0 Å². The standard InChI is InChI=1S/C8H19O3P/c1-4-5-6-12(9,10)11-7-8(2)3/h8H,4-7H2,1-3H3,(H,9,10). The van der Waals surface area contributed by atoms with Crippen molar-refractivity contribution in [1.82, 2.24) is 0 Å². The van der Waals surface area contributed by atoms with Gasteiger partial charge >= 0.3 is 7.60 Å². The second-order valence-corrected chi connectivity index (χ2v) is 5.38. The van der Waals surface area contributed by atoms with Gasteiger partial charge in [-0.3, -0.25) is 4.57 Å². The maximum absolute atomic E-state index is 11.2. The molecule has 0 aliphatic carbocycles. The SMILES string of the molecule is CCCCP(=O)(O)OCC(C)C. The normalized spacial score (nSPS) is 16.4. The van der Waals surface area contributed by atoms with Crippen LogP contribution >= 0.6 is 7.60 Å². The second-order valence-electron chi connectivity index (χ2n) is 3.40. The van der Waals surface area contributed by atoms with Crippen LogP contribution in [-0.4, -0.2) is 17.7 Å². The van der Waals surface area contributed by atoms with Gasteiger partial charge in [-0.15, -0.1) is 0 Å². The minimum atomic E-state index is -3.26. The third kappa shape index (κ3) is 6.84. The summed E-state index contributed by atoms with van der Waals surface area (Å²) >= 11 is 0. The van der Waals surface area contributed by atoms with Crippen LogP contribution < -0.4 is 0 Å². The average molecular weight is 194 g/mol. The monoisotopic (exact) mass is 194 g/mol. The molecule has 0 aromatic rings. The van der Waals surface area contributed by atoms with Crippen LogP contribution in [0.15, 0.2) is 0 Å². The third-order valence-electron chi connectivity index (χ3n) is 1.40. The molecule has 4 heteroatoms. The Morgan fingerprint density at radius 1 is 1.50 bits per heavy atom. The van der Waals surface area contributed by atoms with Crippen LogP contribution in [0.4, 0.5) is 0 Å². The molecule has 0 rings (SSSR count). The Labute approximate surface area is 74.7 Å². The van der Waals surface area contributed by atoms with Crippen LogP contribution in [0.2, 0.25) is 0 Å². The first-order valence-corrected chi connectivity index (χ1v) is 6.20. The van der Waals surface area contributed by atoms with E-state index in [1.807, 2.05) is 20.8 Å². The van der Waals surface area contributed by atoms with E-state index in [1.165, 1.54) is 0 Å².